The average Bonchev–Trinajstić information content (AvgIpc) is 2.27. The lowest BCUT2D eigenvalue weighted by molar-refractivity contribution is -0.116. The lowest BCUT2D eigenvalue weighted by Gasteiger charge is -2.19. The Bertz CT molecular complexity index is 387. The van der Waals surface area contributed by atoms with Gasteiger partial charge in [0.15, 0.2) is 0 Å². The summed E-state index contributed by atoms with van der Waals surface area (Å²) in [5.74, 6) is 0.107. The molecule has 0 aromatic heterocycles. The van der Waals surface area contributed by atoms with E-state index in [4.69, 9.17) is 5.73 Å². The molecule has 15 heavy (non-hydrogen) atoms. The number of rotatable bonds is 2. The van der Waals surface area contributed by atoms with Crippen molar-refractivity contribution in [1.29, 1.82) is 0 Å². The minimum Gasteiger partial charge on any atom is -0.326 e. The van der Waals surface area contributed by atoms with Gasteiger partial charge in [-0.25, -0.2) is 0 Å². The van der Waals surface area contributed by atoms with Crippen LogP contribution in [0.25, 0.3) is 0 Å². The van der Waals surface area contributed by atoms with Crippen LogP contribution in [0.1, 0.15) is 36.9 Å². The van der Waals surface area contributed by atoms with E-state index in [0.29, 0.717) is 6.42 Å². The van der Waals surface area contributed by atoms with Crippen LogP contribution in [0.15, 0.2) is 18.2 Å². The van der Waals surface area contributed by atoms with Gasteiger partial charge in [0.1, 0.15) is 0 Å². The van der Waals surface area contributed by atoms with E-state index in [-0.39, 0.29) is 11.9 Å². The molecule has 0 saturated carbocycles. The summed E-state index contributed by atoms with van der Waals surface area (Å²) in [7, 11) is 0. The smallest absolute Gasteiger partial charge is 0.224 e. The Morgan fingerprint density at radius 1 is 1.47 bits per heavy atom. The molecule has 2 rings (SSSR count). The van der Waals surface area contributed by atoms with Crippen LogP contribution >= 0.6 is 0 Å². The second-order valence-electron chi connectivity index (χ2n) is 3.98. The molecule has 1 aromatic carbocycles. The largest absolute Gasteiger partial charge is 0.326 e. The third kappa shape index (κ3) is 2.02. The SMILES string of the molecule is CC[C@H](N)c1ccc2c(c1)CCC(=O)N2. The molecule has 0 saturated heterocycles. The molecular formula is C12H16N2O. The van der Waals surface area contributed by atoms with E-state index in [0.717, 1.165) is 24.1 Å². The Hall–Kier alpha value is -1.35. The van der Waals surface area contributed by atoms with Crippen LogP contribution in [-0.4, -0.2) is 5.91 Å². The molecule has 1 aromatic rings. The van der Waals surface area contributed by atoms with Crippen LogP contribution in [0, 0.1) is 0 Å². The van der Waals surface area contributed by atoms with Crippen molar-refractivity contribution in [2.24, 2.45) is 5.73 Å². The fourth-order valence-corrected chi connectivity index (χ4v) is 1.87. The Labute approximate surface area is 89.7 Å². The van der Waals surface area contributed by atoms with Gasteiger partial charge in [0.25, 0.3) is 0 Å². The number of hydrogen-bond donors (Lipinski definition) is 2. The normalized spacial score (nSPS) is 16.8. The number of carbonyl (C=O) groups excluding carboxylic acids is 1. The lowest BCUT2D eigenvalue weighted by Crippen LogP contribution is -2.19. The molecule has 1 amide bonds. The predicted octanol–water partition coefficient (Wildman–Crippen LogP) is 1.98. The first-order valence-corrected chi connectivity index (χ1v) is 5.39. The monoisotopic (exact) mass is 204 g/mol. The Balaban J connectivity index is 2.30. The van der Waals surface area contributed by atoms with Gasteiger partial charge in [-0.1, -0.05) is 19.1 Å². The summed E-state index contributed by atoms with van der Waals surface area (Å²) >= 11 is 0. The van der Waals surface area contributed by atoms with Crippen LogP contribution in [-0.2, 0) is 11.2 Å². The van der Waals surface area contributed by atoms with Crippen molar-refractivity contribution in [2.45, 2.75) is 32.2 Å². The molecule has 1 aliphatic heterocycles. The molecule has 0 fully saturated rings. The van der Waals surface area contributed by atoms with Crippen LogP contribution in [0.2, 0.25) is 0 Å². The first kappa shape index (κ1) is 10.2. The van der Waals surface area contributed by atoms with Crippen LogP contribution in [0.4, 0.5) is 5.69 Å². The van der Waals surface area contributed by atoms with Gasteiger partial charge in [0, 0.05) is 18.2 Å². The fourth-order valence-electron chi connectivity index (χ4n) is 1.87. The van der Waals surface area contributed by atoms with E-state index in [9.17, 15) is 4.79 Å². The van der Waals surface area contributed by atoms with Crippen molar-refractivity contribution < 1.29 is 4.79 Å². The van der Waals surface area contributed by atoms with Gasteiger partial charge in [0.2, 0.25) is 5.91 Å². The number of anilines is 1. The van der Waals surface area contributed by atoms with E-state index >= 15 is 0 Å². The highest BCUT2D eigenvalue weighted by atomic mass is 16.1. The number of aryl methyl sites for hydroxylation is 1. The molecule has 80 valence electrons. The van der Waals surface area contributed by atoms with Crippen LogP contribution in [0.3, 0.4) is 0 Å². The molecule has 0 bridgehead atoms. The molecule has 1 atom stereocenters. The second kappa shape index (κ2) is 4.03. The van der Waals surface area contributed by atoms with E-state index < -0.39 is 0 Å². The van der Waals surface area contributed by atoms with Crippen molar-refractivity contribution in [3.05, 3.63) is 29.3 Å². The molecule has 0 spiro atoms. The highest BCUT2D eigenvalue weighted by molar-refractivity contribution is 5.93. The zero-order chi connectivity index (χ0) is 10.8. The molecule has 3 N–H and O–H groups in total. The zero-order valence-corrected chi connectivity index (χ0v) is 8.92. The van der Waals surface area contributed by atoms with Gasteiger partial charge in [-0.2, -0.15) is 0 Å². The molecule has 3 heteroatoms. The van der Waals surface area contributed by atoms with E-state index in [1.807, 2.05) is 12.1 Å². The van der Waals surface area contributed by atoms with Gasteiger partial charge in [-0.05, 0) is 30.0 Å². The van der Waals surface area contributed by atoms with Gasteiger partial charge in [-0.3, -0.25) is 4.79 Å². The molecule has 1 aliphatic rings. The number of nitrogens with two attached hydrogens (primary N) is 1. The Kier molecular flexibility index (Phi) is 2.73. The third-order valence-corrected chi connectivity index (χ3v) is 2.89. The van der Waals surface area contributed by atoms with Crippen molar-refractivity contribution in [3.63, 3.8) is 0 Å². The Morgan fingerprint density at radius 2 is 2.27 bits per heavy atom. The maximum absolute atomic E-state index is 11.2. The number of nitrogens with one attached hydrogen (secondary N) is 1. The number of carbonyl (C=O) groups is 1. The summed E-state index contributed by atoms with van der Waals surface area (Å²) in [6.45, 7) is 2.08. The van der Waals surface area contributed by atoms with Crippen molar-refractivity contribution in [2.75, 3.05) is 5.32 Å². The minimum absolute atomic E-state index is 0.105. The van der Waals surface area contributed by atoms with Gasteiger partial charge in [0.05, 0.1) is 0 Å². The number of benzene rings is 1. The van der Waals surface area contributed by atoms with Crippen molar-refractivity contribution >= 4 is 11.6 Å². The van der Waals surface area contributed by atoms with Crippen LogP contribution < -0.4 is 11.1 Å². The summed E-state index contributed by atoms with van der Waals surface area (Å²) in [4.78, 5) is 11.2. The highest BCUT2D eigenvalue weighted by Crippen LogP contribution is 2.26. The molecule has 1 heterocycles. The fraction of sp³-hybridized carbons (Fsp3) is 0.417. The third-order valence-electron chi connectivity index (χ3n) is 2.89. The topological polar surface area (TPSA) is 55.1 Å². The summed E-state index contributed by atoms with van der Waals surface area (Å²) in [5, 5.41) is 2.86. The molecule has 0 unspecified atom stereocenters. The van der Waals surface area contributed by atoms with Crippen molar-refractivity contribution in [1.82, 2.24) is 0 Å². The second-order valence-corrected chi connectivity index (χ2v) is 3.98. The standard InChI is InChI=1S/C12H16N2O/c1-2-10(13)8-3-5-11-9(7-8)4-6-12(15)14-11/h3,5,7,10H,2,4,6,13H2,1H3,(H,14,15)/t10-/m0/s1. The number of fused-ring (bicyclic) bond motifs is 1. The predicted molar refractivity (Wildman–Crippen MR) is 60.6 cm³/mol. The summed E-state index contributed by atoms with van der Waals surface area (Å²) < 4.78 is 0. The molecule has 3 nitrogen and oxygen atoms in total. The van der Waals surface area contributed by atoms with E-state index in [2.05, 4.69) is 18.3 Å². The highest BCUT2D eigenvalue weighted by Gasteiger charge is 2.15. The lowest BCUT2D eigenvalue weighted by atomic mass is 9.97. The van der Waals surface area contributed by atoms with Gasteiger partial charge in [-0.15, -0.1) is 0 Å². The van der Waals surface area contributed by atoms with Gasteiger partial charge >= 0.3 is 0 Å². The summed E-state index contributed by atoms with van der Waals surface area (Å²) in [5.41, 5.74) is 9.27. The minimum atomic E-state index is 0.105. The maximum atomic E-state index is 11.2. The summed E-state index contributed by atoms with van der Waals surface area (Å²) in [6.07, 6.45) is 2.34. The van der Waals surface area contributed by atoms with Crippen molar-refractivity contribution in [3.8, 4) is 0 Å². The maximum Gasteiger partial charge on any atom is 0.224 e. The Morgan fingerprint density at radius 3 is 3.00 bits per heavy atom. The van der Waals surface area contributed by atoms with E-state index in [1.165, 1.54) is 5.56 Å². The molecular weight excluding hydrogens is 188 g/mol. The van der Waals surface area contributed by atoms with Gasteiger partial charge < -0.3 is 11.1 Å². The van der Waals surface area contributed by atoms with E-state index in [1.54, 1.807) is 0 Å². The molecule has 0 aliphatic carbocycles. The first-order valence-electron chi connectivity index (χ1n) is 5.39. The summed E-state index contributed by atoms with van der Waals surface area (Å²) in [6, 6.07) is 6.17. The number of amides is 1. The molecule has 0 radical (unpaired) electrons. The van der Waals surface area contributed by atoms with Crippen LogP contribution in [0.5, 0.6) is 0 Å². The quantitative estimate of drug-likeness (QED) is 0.774. The average molecular weight is 204 g/mol. The zero-order valence-electron chi connectivity index (χ0n) is 8.92. The first-order chi connectivity index (χ1) is 7.20. The number of hydrogen-bond acceptors (Lipinski definition) is 2.